The van der Waals surface area contributed by atoms with Crippen molar-refractivity contribution in [1.29, 1.82) is 0 Å². The Bertz CT molecular complexity index is 302. The highest BCUT2D eigenvalue weighted by molar-refractivity contribution is 4.91. The fourth-order valence-electron chi connectivity index (χ4n) is 4.21. The van der Waals surface area contributed by atoms with Gasteiger partial charge in [0.05, 0.1) is 12.2 Å². The first kappa shape index (κ1) is 17.3. The Kier molecular flexibility index (Phi) is 6.55. The highest BCUT2D eigenvalue weighted by atomic mass is 16.5. The summed E-state index contributed by atoms with van der Waals surface area (Å²) in [5.41, 5.74) is 0.452. The third-order valence-corrected chi connectivity index (χ3v) is 5.67. The predicted octanol–water partition coefficient (Wildman–Crippen LogP) is 4.92. The van der Waals surface area contributed by atoms with E-state index in [0.29, 0.717) is 23.7 Å². The summed E-state index contributed by atoms with van der Waals surface area (Å²) in [4.78, 5) is 0. The van der Waals surface area contributed by atoms with E-state index in [1.165, 1.54) is 57.8 Å². The lowest BCUT2D eigenvalue weighted by Gasteiger charge is -2.43. The Morgan fingerprint density at radius 2 is 1.95 bits per heavy atom. The monoisotopic (exact) mass is 295 g/mol. The molecule has 0 aromatic carbocycles. The summed E-state index contributed by atoms with van der Waals surface area (Å²) in [6.07, 6.45) is 12.7. The van der Waals surface area contributed by atoms with Crippen molar-refractivity contribution >= 4 is 0 Å². The molecule has 2 aliphatic rings. The topological polar surface area (TPSA) is 21.3 Å². The first-order valence-corrected chi connectivity index (χ1v) is 9.43. The molecule has 0 amide bonds. The van der Waals surface area contributed by atoms with E-state index in [1.54, 1.807) is 0 Å². The van der Waals surface area contributed by atoms with Gasteiger partial charge in [0.25, 0.3) is 0 Å². The van der Waals surface area contributed by atoms with Gasteiger partial charge in [-0.15, -0.1) is 0 Å². The van der Waals surface area contributed by atoms with Crippen LogP contribution in [0.4, 0.5) is 0 Å². The van der Waals surface area contributed by atoms with Crippen LogP contribution in [0.3, 0.4) is 0 Å². The van der Waals surface area contributed by atoms with E-state index in [9.17, 15) is 0 Å². The minimum absolute atomic E-state index is 0.431. The highest BCUT2D eigenvalue weighted by Gasteiger charge is 2.37. The molecule has 2 aliphatic carbocycles. The van der Waals surface area contributed by atoms with Gasteiger partial charge in [-0.1, -0.05) is 47.0 Å². The molecule has 21 heavy (non-hydrogen) atoms. The van der Waals surface area contributed by atoms with E-state index in [-0.39, 0.29) is 0 Å². The molecule has 0 saturated heterocycles. The molecule has 4 unspecified atom stereocenters. The van der Waals surface area contributed by atoms with Gasteiger partial charge in [-0.3, -0.25) is 0 Å². The van der Waals surface area contributed by atoms with Crippen molar-refractivity contribution in [3.05, 3.63) is 0 Å². The van der Waals surface area contributed by atoms with Crippen LogP contribution in [0.2, 0.25) is 0 Å². The van der Waals surface area contributed by atoms with E-state index < -0.39 is 0 Å². The van der Waals surface area contributed by atoms with E-state index in [1.807, 2.05) is 0 Å². The summed E-state index contributed by atoms with van der Waals surface area (Å²) in [5, 5.41) is 3.75. The van der Waals surface area contributed by atoms with Crippen LogP contribution in [0.1, 0.15) is 85.5 Å². The number of hydrogen-bond donors (Lipinski definition) is 1. The highest BCUT2D eigenvalue weighted by Crippen LogP contribution is 2.39. The summed E-state index contributed by atoms with van der Waals surface area (Å²) < 4.78 is 6.65. The first-order valence-electron chi connectivity index (χ1n) is 9.43. The van der Waals surface area contributed by atoms with Gasteiger partial charge in [0.15, 0.2) is 0 Å². The summed E-state index contributed by atoms with van der Waals surface area (Å²) in [6, 6.07) is 0.583. The van der Waals surface area contributed by atoms with Crippen LogP contribution in [-0.2, 0) is 4.74 Å². The molecule has 2 nitrogen and oxygen atoms in total. The number of hydrogen-bond acceptors (Lipinski definition) is 2. The van der Waals surface area contributed by atoms with Gasteiger partial charge < -0.3 is 10.1 Å². The lowest BCUT2D eigenvalue weighted by Crippen LogP contribution is -2.49. The lowest BCUT2D eigenvalue weighted by atomic mass is 9.73. The Hall–Kier alpha value is -0.0800. The maximum Gasteiger partial charge on any atom is 0.0736 e. The molecule has 0 spiro atoms. The smallest absolute Gasteiger partial charge is 0.0736 e. The zero-order chi connectivity index (χ0) is 15.3. The molecular formula is C19H37NO. The molecule has 0 aromatic heterocycles. The van der Waals surface area contributed by atoms with Crippen LogP contribution in [0.5, 0.6) is 0 Å². The average Bonchev–Trinajstić information content (AvgIpc) is 2.46. The van der Waals surface area contributed by atoms with Crippen LogP contribution in [0, 0.1) is 11.3 Å². The maximum atomic E-state index is 6.65. The number of rotatable bonds is 6. The Morgan fingerprint density at radius 3 is 2.67 bits per heavy atom. The summed E-state index contributed by atoms with van der Waals surface area (Å²) in [7, 11) is 0. The molecule has 0 aromatic rings. The number of ether oxygens (including phenoxy) is 1. The molecule has 2 fully saturated rings. The normalized spacial score (nSPS) is 36.6. The van der Waals surface area contributed by atoms with Gasteiger partial charge in [0, 0.05) is 6.04 Å². The van der Waals surface area contributed by atoms with Crippen LogP contribution >= 0.6 is 0 Å². The van der Waals surface area contributed by atoms with Crippen LogP contribution in [0.15, 0.2) is 0 Å². The largest absolute Gasteiger partial charge is 0.373 e. The second-order valence-corrected chi connectivity index (χ2v) is 8.21. The van der Waals surface area contributed by atoms with Crippen molar-refractivity contribution in [3.8, 4) is 0 Å². The molecule has 2 heteroatoms. The molecule has 2 saturated carbocycles. The third kappa shape index (κ3) is 5.25. The minimum atomic E-state index is 0.431. The molecule has 0 aliphatic heterocycles. The molecule has 124 valence electrons. The van der Waals surface area contributed by atoms with Crippen LogP contribution in [0.25, 0.3) is 0 Å². The van der Waals surface area contributed by atoms with Gasteiger partial charge in [0.2, 0.25) is 0 Å². The van der Waals surface area contributed by atoms with Crippen LogP contribution in [-0.4, -0.2) is 24.8 Å². The van der Waals surface area contributed by atoms with Crippen LogP contribution < -0.4 is 5.32 Å². The van der Waals surface area contributed by atoms with Crippen molar-refractivity contribution in [3.63, 3.8) is 0 Å². The molecule has 4 atom stereocenters. The van der Waals surface area contributed by atoms with Gasteiger partial charge in [0.1, 0.15) is 0 Å². The summed E-state index contributed by atoms with van der Waals surface area (Å²) in [5.74, 6) is 0.905. The van der Waals surface area contributed by atoms with Crippen molar-refractivity contribution in [2.75, 3.05) is 6.54 Å². The summed E-state index contributed by atoms with van der Waals surface area (Å²) in [6.45, 7) is 10.5. The number of nitrogens with one attached hydrogen (secondary N) is 1. The summed E-state index contributed by atoms with van der Waals surface area (Å²) >= 11 is 0. The molecule has 0 bridgehead atoms. The molecule has 0 radical (unpaired) electrons. The average molecular weight is 296 g/mol. The quantitative estimate of drug-likeness (QED) is 0.751. The van der Waals surface area contributed by atoms with Gasteiger partial charge in [-0.25, -0.2) is 0 Å². The van der Waals surface area contributed by atoms with E-state index >= 15 is 0 Å². The van der Waals surface area contributed by atoms with Crippen molar-refractivity contribution in [2.24, 2.45) is 11.3 Å². The second-order valence-electron chi connectivity index (χ2n) is 8.21. The minimum Gasteiger partial charge on any atom is -0.373 e. The lowest BCUT2D eigenvalue weighted by molar-refractivity contribution is -0.0879. The maximum absolute atomic E-state index is 6.65. The molecule has 1 N–H and O–H groups in total. The van der Waals surface area contributed by atoms with E-state index in [4.69, 9.17) is 4.74 Å². The fourth-order valence-corrected chi connectivity index (χ4v) is 4.21. The molecule has 2 rings (SSSR count). The Balaban J connectivity index is 1.91. The fraction of sp³-hybridized carbons (Fsp3) is 1.00. The van der Waals surface area contributed by atoms with Gasteiger partial charge >= 0.3 is 0 Å². The van der Waals surface area contributed by atoms with E-state index in [0.717, 1.165) is 12.5 Å². The Morgan fingerprint density at radius 1 is 1.14 bits per heavy atom. The van der Waals surface area contributed by atoms with Gasteiger partial charge in [-0.05, 0) is 56.4 Å². The van der Waals surface area contributed by atoms with Gasteiger partial charge in [-0.2, -0.15) is 0 Å². The van der Waals surface area contributed by atoms with Crippen molar-refractivity contribution < 1.29 is 4.74 Å². The first-order chi connectivity index (χ1) is 10.0. The Labute approximate surface area is 132 Å². The SMILES string of the molecule is CCCNC1CCC(C)(C)CC1OC1CCCC(CC)C1. The second kappa shape index (κ2) is 7.97. The van der Waals surface area contributed by atoms with Crippen molar-refractivity contribution in [2.45, 2.75) is 104 Å². The standard InChI is InChI=1S/C19H37NO/c1-5-12-20-17-10-11-19(3,4)14-18(17)21-16-9-7-8-15(6-2)13-16/h15-18,20H,5-14H2,1-4H3. The van der Waals surface area contributed by atoms with Crippen molar-refractivity contribution in [1.82, 2.24) is 5.32 Å². The zero-order valence-corrected chi connectivity index (χ0v) is 14.8. The zero-order valence-electron chi connectivity index (χ0n) is 14.8. The predicted molar refractivity (Wildman–Crippen MR) is 90.6 cm³/mol. The third-order valence-electron chi connectivity index (χ3n) is 5.67. The van der Waals surface area contributed by atoms with E-state index in [2.05, 4.69) is 33.0 Å². The molecule has 0 heterocycles. The molecular weight excluding hydrogens is 258 g/mol.